The van der Waals surface area contributed by atoms with Crippen LogP contribution in [0.5, 0.6) is 0 Å². The van der Waals surface area contributed by atoms with Crippen molar-refractivity contribution in [2.45, 2.75) is 271 Å². The van der Waals surface area contributed by atoms with E-state index >= 15 is 0 Å². The van der Waals surface area contributed by atoms with Gasteiger partial charge in [-0.2, -0.15) is 0 Å². The number of carbonyl (C=O) groups is 3. The Morgan fingerprint density at radius 3 is 0.986 bits per heavy atom. The summed E-state index contributed by atoms with van der Waals surface area (Å²) in [6.45, 7) is 6.53. The number of rotatable bonds is 51. The van der Waals surface area contributed by atoms with Gasteiger partial charge in [0.15, 0.2) is 6.10 Å². The highest BCUT2D eigenvalue weighted by atomic mass is 16.6. The van der Waals surface area contributed by atoms with Crippen LogP contribution in [0.15, 0.2) is 97.2 Å². The second kappa shape index (κ2) is 56.9. The zero-order chi connectivity index (χ0) is 50.0. The molecule has 0 saturated carbocycles. The first-order valence-electron chi connectivity index (χ1n) is 28.8. The van der Waals surface area contributed by atoms with Crippen LogP contribution >= 0.6 is 0 Å². The monoisotopic (exact) mass is 959 g/mol. The van der Waals surface area contributed by atoms with Crippen LogP contribution in [0.1, 0.15) is 265 Å². The lowest BCUT2D eigenvalue weighted by Gasteiger charge is -2.18. The molecule has 0 N–H and O–H groups in total. The van der Waals surface area contributed by atoms with E-state index in [2.05, 4.69) is 118 Å². The Morgan fingerprint density at radius 2 is 0.580 bits per heavy atom. The van der Waals surface area contributed by atoms with Crippen LogP contribution in [-0.2, 0) is 28.6 Å². The molecule has 0 radical (unpaired) electrons. The predicted octanol–water partition coefficient (Wildman–Crippen LogP) is 19.3. The third kappa shape index (κ3) is 55.1. The second-order valence-corrected chi connectivity index (χ2v) is 19.0. The largest absolute Gasteiger partial charge is 0.462 e. The maximum Gasteiger partial charge on any atom is 0.306 e. The Balaban J connectivity index is 4.50. The molecule has 0 rings (SSSR count). The molecule has 1 atom stereocenters. The molecule has 0 fully saturated rings. The topological polar surface area (TPSA) is 78.9 Å². The molecule has 0 aliphatic rings. The molecule has 6 heteroatoms. The molecule has 0 aliphatic carbocycles. The van der Waals surface area contributed by atoms with Crippen LogP contribution in [0, 0.1) is 0 Å². The highest BCUT2D eigenvalue weighted by molar-refractivity contribution is 5.71. The summed E-state index contributed by atoms with van der Waals surface area (Å²) in [6.07, 6.45) is 75.3. The third-order valence-electron chi connectivity index (χ3n) is 12.2. The molecule has 69 heavy (non-hydrogen) atoms. The van der Waals surface area contributed by atoms with Crippen molar-refractivity contribution in [2.24, 2.45) is 0 Å². The molecule has 0 saturated heterocycles. The van der Waals surface area contributed by atoms with Crippen LogP contribution in [0.4, 0.5) is 0 Å². The van der Waals surface area contributed by atoms with Gasteiger partial charge in [-0.15, -0.1) is 0 Å². The molecule has 6 nitrogen and oxygen atoms in total. The summed E-state index contributed by atoms with van der Waals surface area (Å²) >= 11 is 0. The van der Waals surface area contributed by atoms with Gasteiger partial charge in [0, 0.05) is 19.3 Å². The van der Waals surface area contributed by atoms with Crippen LogP contribution < -0.4 is 0 Å². The number of hydrogen-bond acceptors (Lipinski definition) is 6. The lowest BCUT2D eigenvalue weighted by atomic mass is 10.1. The van der Waals surface area contributed by atoms with E-state index in [1.165, 1.54) is 116 Å². The van der Waals surface area contributed by atoms with E-state index in [9.17, 15) is 14.4 Å². The predicted molar refractivity (Wildman–Crippen MR) is 297 cm³/mol. The SMILES string of the molecule is CCCCC\C=C/C=C\C=C/C=C\CCCCCCCC(=O)OCC(COC(=O)CCCCC/C=C\C=C/CCCCCCCCC)OC(=O)CCCCCCCCC/C=C\C/C=C\CCCCC. The fourth-order valence-corrected chi connectivity index (χ4v) is 7.77. The molecular formula is C63H106O6. The average Bonchev–Trinajstić information content (AvgIpc) is 3.35. The van der Waals surface area contributed by atoms with E-state index in [1.807, 2.05) is 0 Å². The molecule has 0 aromatic rings. The van der Waals surface area contributed by atoms with Gasteiger partial charge in [0.05, 0.1) is 0 Å². The molecular weight excluding hydrogens is 853 g/mol. The summed E-state index contributed by atoms with van der Waals surface area (Å²) < 4.78 is 16.8. The van der Waals surface area contributed by atoms with E-state index in [1.54, 1.807) is 0 Å². The molecule has 0 heterocycles. The van der Waals surface area contributed by atoms with Gasteiger partial charge in [0.2, 0.25) is 0 Å². The maximum absolute atomic E-state index is 12.9. The van der Waals surface area contributed by atoms with Gasteiger partial charge in [-0.25, -0.2) is 0 Å². The van der Waals surface area contributed by atoms with E-state index < -0.39 is 6.10 Å². The first kappa shape index (κ1) is 65.3. The number of ether oxygens (including phenoxy) is 3. The molecule has 394 valence electrons. The Morgan fingerprint density at radius 1 is 0.304 bits per heavy atom. The summed E-state index contributed by atoms with van der Waals surface area (Å²) in [4.78, 5) is 38.2. The van der Waals surface area contributed by atoms with Crippen molar-refractivity contribution in [3.05, 3.63) is 97.2 Å². The van der Waals surface area contributed by atoms with Gasteiger partial charge in [-0.05, 0) is 103 Å². The normalized spacial score (nSPS) is 12.8. The van der Waals surface area contributed by atoms with Gasteiger partial charge in [0.25, 0.3) is 0 Å². The van der Waals surface area contributed by atoms with Gasteiger partial charge in [-0.3, -0.25) is 14.4 Å². The fourth-order valence-electron chi connectivity index (χ4n) is 7.77. The van der Waals surface area contributed by atoms with Gasteiger partial charge >= 0.3 is 17.9 Å². The minimum absolute atomic E-state index is 0.102. The number of esters is 3. The van der Waals surface area contributed by atoms with E-state index in [0.717, 1.165) is 109 Å². The fraction of sp³-hybridized carbons (Fsp3) is 0.698. The molecule has 0 spiro atoms. The van der Waals surface area contributed by atoms with Crippen LogP contribution in [0.25, 0.3) is 0 Å². The van der Waals surface area contributed by atoms with Crippen molar-refractivity contribution < 1.29 is 28.6 Å². The van der Waals surface area contributed by atoms with Crippen molar-refractivity contribution in [3.63, 3.8) is 0 Å². The van der Waals surface area contributed by atoms with Gasteiger partial charge < -0.3 is 14.2 Å². The summed E-state index contributed by atoms with van der Waals surface area (Å²) in [5.74, 6) is -0.954. The molecule has 0 aromatic heterocycles. The van der Waals surface area contributed by atoms with Crippen molar-refractivity contribution in [1.29, 1.82) is 0 Å². The van der Waals surface area contributed by atoms with Crippen molar-refractivity contribution in [2.75, 3.05) is 13.2 Å². The summed E-state index contributed by atoms with van der Waals surface area (Å²) in [7, 11) is 0. The molecule has 0 bridgehead atoms. The van der Waals surface area contributed by atoms with Gasteiger partial charge in [-0.1, -0.05) is 240 Å². The van der Waals surface area contributed by atoms with Crippen molar-refractivity contribution in [3.8, 4) is 0 Å². The van der Waals surface area contributed by atoms with Crippen LogP contribution in [-0.4, -0.2) is 37.2 Å². The molecule has 0 amide bonds. The minimum Gasteiger partial charge on any atom is -0.462 e. The second-order valence-electron chi connectivity index (χ2n) is 19.0. The number of hydrogen-bond donors (Lipinski definition) is 0. The zero-order valence-electron chi connectivity index (χ0n) is 45.0. The van der Waals surface area contributed by atoms with E-state index in [4.69, 9.17) is 14.2 Å². The maximum atomic E-state index is 12.9. The quantitative estimate of drug-likeness (QED) is 0.0199. The van der Waals surface area contributed by atoms with Crippen LogP contribution in [0.3, 0.4) is 0 Å². The Bertz CT molecular complexity index is 1380. The molecule has 0 aliphatic heterocycles. The standard InChI is InChI=1S/C63H106O6/c1-4-7-10-13-16-19-22-25-28-31-33-35-38-41-44-47-50-53-56-62(65)68-59-60(58-67-61(64)55-52-49-46-43-40-37-34-30-27-24-21-18-15-12-9-6-3)69-63(66)57-54-51-48-45-42-39-36-32-29-26-23-20-17-14-11-8-5-2/h16-17,19-20,22,25-26,28-31,33-35,37,40,60H,4-15,18,21,23-24,27,32,36,38-39,41-59H2,1-3H3/b19-16-,20-17-,25-22-,29-26-,31-28-,34-30-,35-33-,40-37-. The van der Waals surface area contributed by atoms with E-state index in [-0.39, 0.29) is 31.1 Å². The van der Waals surface area contributed by atoms with Crippen molar-refractivity contribution >= 4 is 17.9 Å². The van der Waals surface area contributed by atoms with Crippen molar-refractivity contribution in [1.82, 2.24) is 0 Å². The number of unbranched alkanes of at least 4 members (excludes halogenated alkanes) is 28. The third-order valence-corrected chi connectivity index (χ3v) is 12.2. The first-order valence-corrected chi connectivity index (χ1v) is 28.8. The summed E-state index contributed by atoms with van der Waals surface area (Å²) in [5.41, 5.74) is 0. The molecule has 1 unspecified atom stereocenters. The molecule has 0 aromatic carbocycles. The highest BCUT2D eigenvalue weighted by Gasteiger charge is 2.19. The van der Waals surface area contributed by atoms with E-state index in [0.29, 0.717) is 19.3 Å². The summed E-state index contributed by atoms with van der Waals surface area (Å²) in [6, 6.07) is 0. The Hall–Kier alpha value is -3.67. The Labute approximate surface area is 426 Å². The Kier molecular flexibility index (Phi) is 53.9. The highest BCUT2D eigenvalue weighted by Crippen LogP contribution is 2.14. The minimum atomic E-state index is -0.804. The first-order chi connectivity index (χ1) is 34.0. The van der Waals surface area contributed by atoms with Gasteiger partial charge in [0.1, 0.15) is 13.2 Å². The number of carbonyl (C=O) groups excluding carboxylic acids is 3. The average molecular weight is 960 g/mol. The zero-order valence-corrected chi connectivity index (χ0v) is 45.0. The van der Waals surface area contributed by atoms with Crippen LogP contribution in [0.2, 0.25) is 0 Å². The summed E-state index contributed by atoms with van der Waals surface area (Å²) in [5, 5.41) is 0. The number of allylic oxidation sites excluding steroid dienone is 16. The smallest absolute Gasteiger partial charge is 0.306 e. The lowest BCUT2D eigenvalue weighted by Crippen LogP contribution is -2.30. The lowest BCUT2D eigenvalue weighted by molar-refractivity contribution is -0.167.